The van der Waals surface area contributed by atoms with Gasteiger partial charge >= 0.3 is 5.97 Å². The van der Waals surface area contributed by atoms with Gasteiger partial charge < -0.3 is 4.74 Å². The molecule has 0 spiro atoms. The molecule has 4 heteroatoms. The van der Waals surface area contributed by atoms with E-state index in [1.807, 2.05) is 17.8 Å². The van der Waals surface area contributed by atoms with Crippen LogP contribution in [-0.4, -0.2) is 42.9 Å². The van der Waals surface area contributed by atoms with E-state index in [-0.39, 0.29) is 12.0 Å². The molecule has 1 aliphatic rings. The number of benzene rings is 1. The van der Waals surface area contributed by atoms with Crippen molar-refractivity contribution >= 4 is 17.7 Å². The number of hydrogen-bond acceptors (Lipinski definition) is 4. The Morgan fingerprint density at radius 3 is 2.89 bits per heavy atom. The van der Waals surface area contributed by atoms with E-state index in [0.29, 0.717) is 0 Å². The molecule has 0 aliphatic carbocycles. The number of ether oxygens (including phenoxy) is 1. The molecule has 0 aromatic heterocycles. The van der Waals surface area contributed by atoms with E-state index < -0.39 is 0 Å². The van der Waals surface area contributed by atoms with E-state index in [0.717, 1.165) is 31.7 Å². The number of nitrogens with zero attached hydrogens (tertiary/aromatic N) is 1. The fraction of sp³-hybridized carbons (Fsp3) is 0.533. The van der Waals surface area contributed by atoms with E-state index in [2.05, 4.69) is 29.2 Å². The number of rotatable bonds is 5. The molecule has 0 amide bonds. The van der Waals surface area contributed by atoms with Gasteiger partial charge in [0, 0.05) is 17.2 Å². The van der Waals surface area contributed by atoms with Crippen LogP contribution in [0.5, 0.6) is 0 Å². The van der Waals surface area contributed by atoms with E-state index in [9.17, 15) is 4.79 Å². The minimum atomic E-state index is -0.0792. The van der Waals surface area contributed by atoms with E-state index in [4.69, 9.17) is 4.74 Å². The van der Waals surface area contributed by atoms with Gasteiger partial charge in [0.05, 0.1) is 7.11 Å². The van der Waals surface area contributed by atoms with E-state index >= 15 is 0 Å². The van der Waals surface area contributed by atoms with E-state index in [1.54, 1.807) is 0 Å². The van der Waals surface area contributed by atoms with Gasteiger partial charge in [-0.15, -0.1) is 11.8 Å². The van der Waals surface area contributed by atoms with Gasteiger partial charge in [-0.2, -0.15) is 0 Å². The van der Waals surface area contributed by atoms with Gasteiger partial charge in [-0.1, -0.05) is 24.6 Å². The highest BCUT2D eigenvalue weighted by molar-refractivity contribution is 7.99. The summed E-state index contributed by atoms with van der Waals surface area (Å²) in [5.41, 5.74) is 0. The van der Waals surface area contributed by atoms with Crippen LogP contribution < -0.4 is 0 Å². The van der Waals surface area contributed by atoms with Gasteiger partial charge in [-0.25, -0.2) is 0 Å². The van der Waals surface area contributed by atoms with Crippen molar-refractivity contribution in [3.63, 3.8) is 0 Å². The van der Waals surface area contributed by atoms with Crippen molar-refractivity contribution in [3.05, 3.63) is 30.3 Å². The molecule has 1 atom stereocenters. The van der Waals surface area contributed by atoms with Crippen LogP contribution in [0.3, 0.4) is 0 Å². The van der Waals surface area contributed by atoms with Crippen molar-refractivity contribution < 1.29 is 9.53 Å². The number of esters is 1. The highest BCUT2D eigenvalue weighted by atomic mass is 32.2. The largest absolute Gasteiger partial charge is 0.468 e. The molecule has 19 heavy (non-hydrogen) atoms. The number of thioether (sulfide) groups is 1. The molecule has 1 fully saturated rings. The summed E-state index contributed by atoms with van der Waals surface area (Å²) < 4.78 is 4.90. The predicted molar refractivity (Wildman–Crippen MR) is 78.4 cm³/mol. The molecular formula is C15H21NO2S. The standard InChI is InChI=1S/C15H21NO2S/c1-18-15(17)14-9-5-6-10-16(14)11-12-19-13-7-3-2-4-8-13/h2-4,7-8,14H,5-6,9-12H2,1H3. The molecule has 1 aliphatic heterocycles. The summed E-state index contributed by atoms with van der Waals surface area (Å²) >= 11 is 1.84. The molecule has 1 saturated heterocycles. The number of carbonyl (C=O) groups is 1. The number of carbonyl (C=O) groups excluding carboxylic acids is 1. The second kappa shape index (κ2) is 7.56. The molecule has 0 bridgehead atoms. The maximum Gasteiger partial charge on any atom is 0.323 e. The minimum Gasteiger partial charge on any atom is -0.468 e. The summed E-state index contributed by atoms with van der Waals surface area (Å²) in [4.78, 5) is 15.3. The molecule has 0 radical (unpaired) electrons. The Morgan fingerprint density at radius 1 is 1.37 bits per heavy atom. The number of hydrogen-bond donors (Lipinski definition) is 0. The van der Waals surface area contributed by atoms with Crippen molar-refractivity contribution in [1.82, 2.24) is 4.90 Å². The van der Waals surface area contributed by atoms with Gasteiger partial charge in [-0.05, 0) is 31.5 Å². The lowest BCUT2D eigenvalue weighted by molar-refractivity contribution is -0.148. The second-order valence-electron chi connectivity index (χ2n) is 4.73. The van der Waals surface area contributed by atoms with Crippen molar-refractivity contribution in [1.29, 1.82) is 0 Å². The third-order valence-electron chi connectivity index (χ3n) is 3.48. The van der Waals surface area contributed by atoms with Crippen molar-refractivity contribution in [3.8, 4) is 0 Å². The van der Waals surface area contributed by atoms with Crippen LogP contribution in [0.1, 0.15) is 19.3 Å². The van der Waals surface area contributed by atoms with Gasteiger partial charge in [0.15, 0.2) is 0 Å². The molecule has 2 rings (SSSR count). The first kappa shape index (κ1) is 14.4. The lowest BCUT2D eigenvalue weighted by Crippen LogP contribution is -2.46. The lowest BCUT2D eigenvalue weighted by atomic mass is 10.0. The molecule has 1 aromatic carbocycles. The monoisotopic (exact) mass is 279 g/mol. The van der Waals surface area contributed by atoms with E-state index in [1.165, 1.54) is 18.4 Å². The molecule has 1 aromatic rings. The van der Waals surface area contributed by atoms with Crippen LogP contribution in [0, 0.1) is 0 Å². The molecule has 104 valence electrons. The van der Waals surface area contributed by atoms with Crippen molar-refractivity contribution in [2.24, 2.45) is 0 Å². The summed E-state index contributed by atoms with van der Waals surface area (Å²) in [6.45, 7) is 1.95. The average molecular weight is 279 g/mol. The Labute approximate surface area is 119 Å². The quantitative estimate of drug-likeness (QED) is 0.612. The molecule has 1 unspecified atom stereocenters. The summed E-state index contributed by atoms with van der Waals surface area (Å²) in [5, 5.41) is 0. The van der Waals surface area contributed by atoms with Crippen LogP contribution >= 0.6 is 11.8 Å². The third-order valence-corrected chi connectivity index (χ3v) is 4.47. The first-order valence-corrected chi connectivity index (χ1v) is 7.79. The highest BCUT2D eigenvalue weighted by Gasteiger charge is 2.28. The SMILES string of the molecule is COC(=O)C1CCCCN1CCSc1ccccc1. The predicted octanol–water partition coefficient (Wildman–Crippen LogP) is 2.81. The number of piperidine rings is 1. The van der Waals surface area contributed by atoms with Crippen LogP contribution in [0.15, 0.2) is 35.2 Å². The lowest BCUT2D eigenvalue weighted by Gasteiger charge is -2.33. The summed E-state index contributed by atoms with van der Waals surface area (Å²) in [5.74, 6) is 0.932. The molecular weight excluding hydrogens is 258 g/mol. The highest BCUT2D eigenvalue weighted by Crippen LogP contribution is 2.21. The van der Waals surface area contributed by atoms with Gasteiger partial charge in [0.1, 0.15) is 6.04 Å². The zero-order valence-corrected chi connectivity index (χ0v) is 12.2. The maximum atomic E-state index is 11.7. The normalized spacial score (nSPS) is 20.2. The zero-order chi connectivity index (χ0) is 13.5. The van der Waals surface area contributed by atoms with Crippen LogP contribution in [0.25, 0.3) is 0 Å². The van der Waals surface area contributed by atoms with Gasteiger partial charge in [0.25, 0.3) is 0 Å². The number of methoxy groups -OCH3 is 1. The Balaban J connectivity index is 1.81. The second-order valence-corrected chi connectivity index (χ2v) is 5.90. The molecule has 0 N–H and O–H groups in total. The van der Waals surface area contributed by atoms with Gasteiger partial charge in [-0.3, -0.25) is 9.69 Å². The number of likely N-dealkylation sites (tertiary alicyclic amines) is 1. The Morgan fingerprint density at radius 2 is 2.16 bits per heavy atom. The fourth-order valence-electron chi connectivity index (χ4n) is 2.46. The van der Waals surface area contributed by atoms with Crippen molar-refractivity contribution in [2.45, 2.75) is 30.2 Å². The smallest absolute Gasteiger partial charge is 0.323 e. The van der Waals surface area contributed by atoms with Crippen molar-refractivity contribution in [2.75, 3.05) is 26.0 Å². The average Bonchev–Trinajstić information content (AvgIpc) is 2.48. The first-order chi connectivity index (χ1) is 9.31. The third kappa shape index (κ3) is 4.25. The topological polar surface area (TPSA) is 29.5 Å². The maximum absolute atomic E-state index is 11.7. The van der Waals surface area contributed by atoms with Crippen LogP contribution in [0.2, 0.25) is 0 Å². The summed E-state index contributed by atoms with van der Waals surface area (Å²) in [6.07, 6.45) is 3.24. The van der Waals surface area contributed by atoms with Gasteiger partial charge in [0.2, 0.25) is 0 Å². The Kier molecular flexibility index (Phi) is 5.73. The molecule has 1 heterocycles. The first-order valence-electron chi connectivity index (χ1n) is 6.81. The van der Waals surface area contributed by atoms with Crippen LogP contribution in [0.4, 0.5) is 0 Å². The minimum absolute atomic E-state index is 0.0323. The Hall–Kier alpha value is -1.00. The summed E-state index contributed by atoms with van der Waals surface area (Å²) in [6, 6.07) is 10.4. The zero-order valence-electron chi connectivity index (χ0n) is 11.4. The Bertz CT molecular complexity index is 396. The fourth-order valence-corrected chi connectivity index (χ4v) is 3.37. The molecule has 3 nitrogen and oxygen atoms in total. The summed E-state index contributed by atoms with van der Waals surface area (Å²) in [7, 11) is 1.48. The molecule has 0 saturated carbocycles. The van der Waals surface area contributed by atoms with Crippen LogP contribution in [-0.2, 0) is 9.53 Å².